The van der Waals surface area contributed by atoms with Crippen LogP contribution < -0.4 is 0 Å². The number of pyridine rings is 1. The Morgan fingerprint density at radius 2 is 2.00 bits per heavy atom. The van der Waals surface area contributed by atoms with Gasteiger partial charge in [-0.05, 0) is 30.0 Å². The normalized spacial score (nSPS) is 11.6. The Bertz CT molecular complexity index is 1210. The van der Waals surface area contributed by atoms with E-state index in [-0.39, 0.29) is 0 Å². The fourth-order valence-corrected chi connectivity index (χ4v) is 4.53. The van der Waals surface area contributed by atoms with Crippen molar-refractivity contribution in [2.45, 2.75) is 10.8 Å². The van der Waals surface area contributed by atoms with Gasteiger partial charge in [-0.3, -0.25) is 0 Å². The predicted molar refractivity (Wildman–Crippen MR) is 104 cm³/mol. The molecule has 1 aromatic carbocycles. The summed E-state index contributed by atoms with van der Waals surface area (Å²) >= 11 is 3.43. The van der Waals surface area contributed by atoms with Crippen LogP contribution in [-0.4, -0.2) is 35.6 Å². The SMILES string of the molecule is CSc1nc2ccc(Cc3cnc4cc(-n5nccn5)ccn34)cc2s1. The minimum atomic E-state index is 0.822. The molecule has 0 aliphatic heterocycles. The Balaban J connectivity index is 1.49. The molecule has 5 rings (SSSR count). The molecule has 0 atom stereocenters. The molecule has 0 saturated heterocycles. The van der Waals surface area contributed by atoms with Crippen LogP contribution in [0.1, 0.15) is 11.3 Å². The van der Waals surface area contributed by atoms with E-state index in [0.717, 1.165) is 33.3 Å². The van der Waals surface area contributed by atoms with Crippen LogP contribution in [0.3, 0.4) is 0 Å². The second-order valence-corrected chi connectivity index (χ2v) is 7.93. The Morgan fingerprint density at radius 1 is 1.12 bits per heavy atom. The van der Waals surface area contributed by atoms with Crippen LogP contribution in [0.15, 0.2) is 59.5 Å². The fourth-order valence-electron chi connectivity index (χ4n) is 2.98. The molecule has 0 aliphatic carbocycles. The van der Waals surface area contributed by atoms with Gasteiger partial charge >= 0.3 is 0 Å². The van der Waals surface area contributed by atoms with E-state index in [1.807, 2.05) is 24.5 Å². The lowest BCUT2D eigenvalue weighted by molar-refractivity contribution is 0.750. The van der Waals surface area contributed by atoms with Crippen LogP contribution in [0, 0.1) is 0 Å². The molecule has 8 heteroatoms. The van der Waals surface area contributed by atoms with Crippen molar-refractivity contribution < 1.29 is 0 Å². The Labute approximate surface area is 157 Å². The zero-order valence-electron chi connectivity index (χ0n) is 13.9. The van der Waals surface area contributed by atoms with Crippen LogP contribution >= 0.6 is 23.1 Å². The maximum Gasteiger partial charge on any atom is 0.150 e. The van der Waals surface area contributed by atoms with E-state index in [0.29, 0.717) is 0 Å². The molecule has 128 valence electrons. The Kier molecular flexibility index (Phi) is 3.72. The van der Waals surface area contributed by atoms with Gasteiger partial charge in [-0.15, -0.1) is 11.3 Å². The molecule has 0 radical (unpaired) electrons. The molecule has 0 fully saturated rings. The topological polar surface area (TPSA) is 60.9 Å². The molecule has 0 unspecified atom stereocenters. The summed E-state index contributed by atoms with van der Waals surface area (Å²) in [6.07, 6.45) is 10.2. The summed E-state index contributed by atoms with van der Waals surface area (Å²) in [6.45, 7) is 0. The molecule has 0 spiro atoms. The van der Waals surface area contributed by atoms with E-state index in [2.05, 4.69) is 49.0 Å². The average Bonchev–Trinajstić information content (AvgIpc) is 3.40. The van der Waals surface area contributed by atoms with Crippen LogP contribution in [0.5, 0.6) is 0 Å². The van der Waals surface area contributed by atoms with Crippen molar-refractivity contribution in [3.05, 3.63) is 66.4 Å². The first kappa shape index (κ1) is 15.5. The molecule has 6 nitrogen and oxygen atoms in total. The lowest BCUT2D eigenvalue weighted by Gasteiger charge is -2.04. The number of rotatable bonds is 4. The minimum absolute atomic E-state index is 0.822. The molecule has 26 heavy (non-hydrogen) atoms. The van der Waals surface area contributed by atoms with Crippen LogP contribution in [-0.2, 0) is 6.42 Å². The predicted octanol–water partition coefficient (Wildman–Crippen LogP) is 3.84. The Hall–Kier alpha value is -2.71. The minimum Gasteiger partial charge on any atom is -0.304 e. The van der Waals surface area contributed by atoms with Gasteiger partial charge in [-0.1, -0.05) is 17.8 Å². The first-order chi connectivity index (χ1) is 12.8. The summed E-state index contributed by atoms with van der Waals surface area (Å²) < 4.78 is 4.44. The molecular weight excluding hydrogens is 364 g/mol. The zero-order valence-corrected chi connectivity index (χ0v) is 15.5. The van der Waals surface area contributed by atoms with Gasteiger partial charge in [0.05, 0.1) is 28.3 Å². The molecule has 0 amide bonds. The van der Waals surface area contributed by atoms with Crippen LogP contribution in [0.4, 0.5) is 0 Å². The van der Waals surface area contributed by atoms with Gasteiger partial charge in [0.1, 0.15) is 5.65 Å². The van der Waals surface area contributed by atoms with E-state index in [4.69, 9.17) is 0 Å². The van der Waals surface area contributed by atoms with Crippen molar-refractivity contribution in [2.24, 2.45) is 0 Å². The summed E-state index contributed by atoms with van der Waals surface area (Å²) in [7, 11) is 0. The van der Waals surface area contributed by atoms with E-state index >= 15 is 0 Å². The number of imidazole rings is 1. The maximum atomic E-state index is 4.60. The summed E-state index contributed by atoms with van der Waals surface area (Å²) in [6, 6.07) is 10.5. The largest absolute Gasteiger partial charge is 0.304 e. The third-order valence-corrected chi connectivity index (χ3v) is 6.22. The van der Waals surface area contributed by atoms with Crippen molar-refractivity contribution in [1.82, 2.24) is 29.4 Å². The van der Waals surface area contributed by atoms with Crippen molar-refractivity contribution >= 4 is 39.0 Å². The van der Waals surface area contributed by atoms with Crippen molar-refractivity contribution in [1.29, 1.82) is 0 Å². The molecule has 0 N–H and O–H groups in total. The van der Waals surface area contributed by atoms with Gasteiger partial charge in [-0.25, -0.2) is 9.97 Å². The van der Waals surface area contributed by atoms with Gasteiger partial charge in [0.2, 0.25) is 0 Å². The van der Waals surface area contributed by atoms with Gasteiger partial charge in [0.25, 0.3) is 0 Å². The first-order valence-electron chi connectivity index (χ1n) is 8.06. The second kappa shape index (κ2) is 6.22. The average molecular weight is 378 g/mol. The molecule has 0 bridgehead atoms. The highest BCUT2D eigenvalue weighted by atomic mass is 32.2. The zero-order chi connectivity index (χ0) is 17.5. The quantitative estimate of drug-likeness (QED) is 0.445. The highest BCUT2D eigenvalue weighted by Crippen LogP contribution is 2.29. The lowest BCUT2D eigenvalue weighted by Crippen LogP contribution is -2.00. The smallest absolute Gasteiger partial charge is 0.150 e. The number of hydrogen-bond donors (Lipinski definition) is 0. The third-order valence-electron chi connectivity index (χ3n) is 4.22. The molecule has 0 aliphatic rings. The summed E-state index contributed by atoms with van der Waals surface area (Å²) in [5.41, 5.74) is 5.26. The standard InChI is InChI=1S/C18H14N6S2/c1-25-18-22-15-3-2-12(9-16(15)26-18)8-14-11-19-17-10-13(4-7-23(14)17)24-20-5-6-21-24/h2-7,9-11H,8H2,1H3. The van der Waals surface area contributed by atoms with E-state index in [9.17, 15) is 0 Å². The number of nitrogens with zero attached hydrogens (tertiary/aromatic N) is 6. The highest BCUT2D eigenvalue weighted by molar-refractivity contribution is 8.00. The summed E-state index contributed by atoms with van der Waals surface area (Å²) in [4.78, 5) is 10.7. The number of fused-ring (bicyclic) bond motifs is 2. The molecule has 4 heterocycles. The number of benzene rings is 1. The van der Waals surface area contributed by atoms with Crippen molar-refractivity contribution in [3.8, 4) is 5.69 Å². The first-order valence-corrected chi connectivity index (χ1v) is 10.1. The molecular formula is C18H14N6S2. The third kappa shape index (κ3) is 2.67. The van der Waals surface area contributed by atoms with E-state index in [1.54, 1.807) is 40.3 Å². The lowest BCUT2D eigenvalue weighted by atomic mass is 10.1. The summed E-state index contributed by atoms with van der Waals surface area (Å²) in [5.74, 6) is 0. The van der Waals surface area contributed by atoms with Crippen molar-refractivity contribution in [2.75, 3.05) is 6.26 Å². The number of aromatic nitrogens is 6. The monoisotopic (exact) mass is 378 g/mol. The van der Waals surface area contributed by atoms with Crippen LogP contribution in [0.25, 0.3) is 21.6 Å². The highest BCUT2D eigenvalue weighted by Gasteiger charge is 2.09. The molecule has 0 saturated carbocycles. The second-order valence-electron chi connectivity index (χ2n) is 5.84. The van der Waals surface area contributed by atoms with Gasteiger partial charge in [0.15, 0.2) is 4.34 Å². The van der Waals surface area contributed by atoms with Gasteiger partial charge < -0.3 is 4.40 Å². The van der Waals surface area contributed by atoms with E-state index < -0.39 is 0 Å². The van der Waals surface area contributed by atoms with Gasteiger partial charge in [0, 0.05) is 30.6 Å². The molecule has 4 aromatic heterocycles. The maximum absolute atomic E-state index is 4.60. The Morgan fingerprint density at radius 3 is 2.85 bits per heavy atom. The molecule has 5 aromatic rings. The van der Waals surface area contributed by atoms with Crippen molar-refractivity contribution in [3.63, 3.8) is 0 Å². The number of thiazole rings is 1. The van der Waals surface area contributed by atoms with Crippen LogP contribution in [0.2, 0.25) is 0 Å². The van der Waals surface area contributed by atoms with E-state index in [1.165, 1.54) is 10.3 Å². The van der Waals surface area contributed by atoms with Gasteiger partial charge in [-0.2, -0.15) is 15.0 Å². The number of thioether (sulfide) groups is 1. The fraction of sp³-hybridized carbons (Fsp3) is 0.111. The number of hydrogen-bond acceptors (Lipinski definition) is 6. The summed E-state index contributed by atoms with van der Waals surface area (Å²) in [5, 5.41) is 8.34.